The molecular formula is C21H13BrF3N3O2. The fourth-order valence-electron chi connectivity index (χ4n) is 2.11. The van der Waals surface area contributed by atoms with Crippen LogP contribution in [0.4, 0.5) is 13.2 Å². The van der Waals surface area contributed by atoms with Crippen LogP contribution in [0.5, 0.6) is 5.88 Å². The lowest BCUT2D eigenvalue weighted by Crippen LogP contribution is -2.01. The van der Waals surface area contributed by atoms with Crippen molar-refractivity contribution in [3.05, 3.63) is 92.8 Å². The van der Waals surface area contributed by atoms with Gasteiger partial charge in [-0.15, -0.1) is 0 Å². The molecule has 0 bridgehead atoms. The van der Waals surface area contributed by atoms with Crippen molar-refractivity contribution in [3.63, 3.8) is 0 Å². The molecular weight excluding hydrogens is 463 g/mol. The Kier molecular flexibility index (Phi) is 8.36. The van der Waals surface area contributed by atoms with Crippen molar-refractivity contribution in [1.82, 2.24) is 4.98 Å². The molecule has 2 aromatic carbocycles. The standard InChI is InChI=1S/C13H7BrF2N2O.C8H6FNO/c14-13-10(15)3-4-12(18-13)19-7-9-2-1-8(6-17)5-11(9)16;9-8-3-6(4-10)1-2-7(8)5-11/h1-5H,7H2;1-3,11H,5H2. The van der Waals surface area contributed by atoms with Crippen LogP contribution in [0.2, 0.25) is 0 Å². The largest absolute Gasteiger partial charge is 0.473 e. The van der Waals surface area contributed by atoms with Gasteiger partial charge < -0.3 is 9.84 Å². The van der Waals surface area contributed by atoms with Gasteiger partial charge in [-0.2, -0.15) is 10.5 Å². The number of hydrogen-bond donors (Lipinski definition) is 1. The Balaban J connectivity index is 0.000000248. The molecule has 3 rings (SSSR count). The van der Waals surface area contributed by atoms with E-state index >= 15 is 0 Å². The Morgan fingerprint density at radius 2 is 1.43 bits per heavy atom. The smallest absolute Gasteiger partial charge is 0.214 e. The maximum Gasteiger partial charge on any atom is 0.214 e. The molecule has 152 valence electrons. The van der Waals surface area contributed by atoms with Gasteiger partial charge in [-0.05, 0) is 46.3 Å². The van der Waals surface area contributed by atoms with Gasteiger partial charge in [0.2, 0.25) is 5.88 Å². The molecule has 0 amide bonds. The van der Waals surface area contributed by atoms with Gasteiger partial charge in [0, 0.05) is 17.2 Å². The first kappa shape index (κ1) is 22.9. The van der Waals surface area contributed by atoms with Gasteiger partial charge in [0.25, 0.3) is 0 Å². The van der Waals surface area contributed by atoms with Gasteiger partial charge in [0.05, 0.1) is 29.9 Å². The van der Waals surface area contributed by atoms with Gasteiger partial charge >= 0.3 is 0 Å². The number of halogens is 4. The van der Waals surface area contributed by atoms with Gasteiger partial charge in [0.1, 0.15) is 22.8 Å². The minimum atomic E-state index is -0.536. The molecule has 1 N–H and O–H groups in total. The molecule has 1 aromatic heterocycles. The van der Waals surface area contributed by atoms with E-state index in [9.17, 15) is 13.2 Å². The highest BCUT2D eigenvalue weighted by Crippen LogP contribution is 2.18. The molecule has 0 saturated heterocycles. The predicted molar refractivity (Wildman–Crippen MR) is 104 cm³/mol. The number of aromatic nitrogens is 1. The molecule has 0 spiro atoms. The lowest BCUT2D eigenvalue weighted by atomic mass is 10.1. The quantitative estimate of drug-likeness (QED) is 0.549. The molecule has 0 aliphatic rings. The van der Waals surface area contributed by atoms with Gasteiger partial charge in [0.15, 0.2) is 5.82 Å². The van der Waals surface area contributed by atoms with Gasteiger partial charge in [-0.25, -0.2) is 18.2 Å². The van der Waals surface area contributed by atoms with Crippen molar-refractivity contribution in [2.75, 3.05) is 0 Å². The lowest BCUT2D eigenvalue weighted by Gasteiger charge is -2.07. The normalized spacial score (nSPS) is 9.70. The number of hydrogen-bond acceptors (Lipinski definition) is 5. The Bertz CT molecular complexity index is 1130. The summed E-state index contributed by atoms with van der Waals surface area (Å²) in [6, 6.07) is 14.2. The van der Waals surface area contributed by atoms with Gasteiger partial charge in [-0.1, -0.05) is 12.1 Å². The maximum atomic E-state index is 13.6. The minimum absolute atomic E-state index is 0.0327. The zero-order valence-electron chi connectivity index (χ0n) is 15.2. The third-order valence-corrected chi connectivity index (χ3v) is 4.24. The van der Waals surface area contributed by atoms with E-state index in [4.69, 9.17) is 20.4 Å². The minimum Gasteiger partial charge on any atom is -0.473 e. The summed E-state index contributed by atoms with van der Waals surface area (Å²) in [4.78, 5) is 3.80. The molecule has 1 heterocycles. The average molecular weight is 476 g/mol. The fraction of sp³-hybridized carbons (Fsp3) is 0.0952. The SMILES string of the molecule is N#Cc1ccc(CO)c(F)c1.N#Cc1ccc(COc2ccc(F)c(Br)n2)c(F)c1. The van der Waals surface area contributed by atoms with E-state index < -0.39 is 17.5 Å². The summed E-state index contributed by atoms with van der Waals surface area (Å²) in [6.45, 7) is -0.389. The molecule has 5 nitrogen and oxygen atoms in total. The third kappa shape index (κ3) is 6.31. The van der Waals surface area contributed by atoms with E-state index in [1.807, 2.05) is 6.07 Å². The number of pyridine rings is 1. The average Bonchev–Trinajstić information content (AvgIpc) is 2.75. The van der Waals surface area contributed by atoms with Crippen LogP contribution in [0, 0.1) is 40.1 Å². The number of nitrogens with zero attached hydrogens (tertiary/aromatic N) is 3. The first-order valence-electron chi connectivity index (χ1n) is 8.30. The second-order valence-electron chi connectivity index (χ2n) is 5.70. The van der Waals surface area contributed by atoms with E-state index in [2.05, 4.69) is 20.9 Å². The summed E-state index contributed by atoms with van der Waals surface area (Å²) in [5.74, 6) is -1.39. The van der Waals surface area contributed by atoms with Crippen LogP contribution in [0.25, 0.3) is 0 Å². The molecule has 3 aromatic rings. The molecule has 30 heavy (non-hydrogen) atoms. The van der Waals surface area contributed by atoms with Crippen molar-refractivity contribution >= 4 is 15.9 Å². The summed E-state index contributed by atoms with van der Waals surface area (Å²) < 4.78 is 44.5. The highest BCUT2D eigenvalue weighted by molar-refractivity contribution is 9.10. The van der Waals surface area contributed by atoms with E-state index in [-0.39, 0.29) is 40.4 Å². The van der Waals surface area contributed by atoms with E-state index in [1.165, 1.54) is 36.4 Å². The number of rotatable bonds is 4. The second-order valence-corrected chi connectivity index (χ2v) is 6.46. The van der Waals surface area contributed by atoms with Crippen molar-refractivity contribution in [1.29, 1.82) is 10.5 Å². The molecule has 0 aliphatic carbocycles. The number of nitriles is 2. The monoisotopic (exact) mass is 475 g/mol. The number of benzene rings is 2. The maximum absolute atomic E-state index is 13.6. The fourth-order valence-corrected chi connectivity index (χ4v) is 2.42. The summed E-state index contributed by atoms with van der Waals surface area (Å²) in [5.41, 5.74) is 1.01. The zero-order chi connectivity index (χ0) is 22.1. The molecule has 0 unspecified atom stereocenters. The van der Waals surface area contributed by atoms with E-state index in [0.29, 0.717) is 5.56 Å². The topological polar surface area (TPSA) is 89.9 Å². The van der Waals surface area contributed by atoms with Gasteiger partial charge in [-0.3, -0.25) is 0 Å². The van der Waals surface area contributed by atoms with E-state index in [0.717, 1.165) is 12.1 Å². The van der Waals surface area contributed by atoms with Crippen molar-refractivity contribution < 1.29 is 23.0 Å². The molecule has 0 fully saturated rings. The molecule has 0 aliphatic heterocycles. The predicted octanol–water partition coefficient (Wildman–Crippen LogP) is 4.76. The van der Waals surface area contributed by atoms with E-state index in [1.54, 1.807) is 6.07 Å². The first-order chi connectivity index (χ1) is 14.4. The molecule has 0 saturated carbocycles. The Morgan fingerprint density at radius 3 is 1.90 bits per heavy atom. The molecule has 0 radical (unpaired) electrons. The molecule has 9 heteroatoms. The van der Waals surface area contributed by atoms with Crippen LogP contribution in [-0.2, 0) is 13.2 Å². The zero-order valence-corrected chi connectivity index (χ0v) is 16.8. The van der Waals surface area contributed by atoms with Crippen molar-refractivity contribution in [2.24, 2.45) is 0 Å². The highest BCUT2D eigenvalue weighted by Gasteiger charge is 2.07. The lowest BCUT2D eigenvalue weighted by molar-refractivity contribution is 0.275. The number of aliphatic hydroxyl groups excluding tert-OH is 1. The summed E-state index contributed by atoms with van der Waals surface area (Å²) in [7, 11) is 0. The van der Waals surface area contributed by atoms with Crippen LogP contribution in [0.15, 0.2) is 53.1 Å². The van der Waals surface area contributed by atoms with Crippen LogP contribution < -0.4 is 4.74 Å². The number of aliphatic hydroxyl groups is 1. The Morgan fingerprint density at radius 1 is 0.867 bits per heavy atom. The summed E-state index contributed by atoms with van der Waals surface area (Å²) in [6.07, 6.45) is 0. The number of ether oxygens (including phenoxy) is 1. The molecule has 0 atom stereocenters. The second kappa shape index (κ2) is 11.0. The Labute approximate surface area is 178 Å². The van der Waals surface area contributed by atoms with Crippen LogP contribution in [0.3, 0.4) is 0 Å². The highest BCUT2D eigenvalue weighted by atomic mass is 79.9. The Hall–Kier alpha value is -3.40. The van der Waals surface area contributed by atoms with Crippen LogP contribution in [-0.4, -0.2) is 10.1 Å². The van der Waals surface area contributed by atoms with Crippen molar-refractivity contribution in [3.8, 4) is 18.0 Å². The third-order valence-electron chi connectivity index (χ3n) is 3.69. The first-order valence-corrected chi connectivity index (χ1v) is 9.10. The van der Waals surface area contributed by atoms with Crippen LogP contribution in [0.1, 0.15) is 22.3 Å². The van der Waals surface area contributed by atoms with Crippen molar-refractivity contribution in [2.45, 2.75) is 13.2 Å². The van der Waals surface area contributed by atoms with Crippen LogP contribution >= 0.6 is 15.9 Å². The summed E-state index contributed by atoms with van der Waals surface area (Å²) >= 11 is 2.93. The summed E-state index contributed by atoms with van der Waals surface area (Å²) in [5, 5.41) is 25.5.